The van der Waals surface area contributed by atoms with Crippen molar-refractivity contribution in [1.82, 2.24) is 0 Å². The predicted molar refractivity (Wildman–Crippen MR) is 68.9 cm³/mol. The Morgan fingerprint density at radius 3 is 2.73 bits per heavy atom. The molecule has 15 heavy (non-hydrogen) atoms. The number of thiol groups is 1. The maximum Gasteiger partial charge on any atom is 0.114 e. The molecule has 84 valence electrons. The van der Waals surface area contributed by atoms with Gasteiger partial charge in [0.2, 0.25) is 0 Å². The summed E-state index contributed by atoms with van der Waals surface area (Å²) in [5, 5.41) is 0. The standard InChI is InChI=1S/C12H18OS2/c1-10-11(4-7-13-10)15-9-12(8-14)5-2-3-6-12/h4,7,14H,2-3,5-6,8-9H2,1H3. The van der Waals surface area contributed by atoms with E-state index in [0.717, 1.165) is 11.5 Å². The van der Waals surface area contributed by atoms with E-state index in [9.17, 15) is 0 Å². The van der Waals surface area contributed by atoms with Gasteiger partial charge in [-0.05, 0) is 37.0 Å². The molecule has 0 spiro atoms. The van der Waals surface area contributed by atoms with Crippen molar-refractivity contribution in [2.45, 2.75) is 37.5 Å². The first kappa shape index (κ1) is 11.5. The zero-order chi connectivity index (χ0) is 10.7. The van der Waals surface area contributed by atoms with Crippen LogP contribution in [0.5, 0.6) is 0 Å². The molecule has 1 nitrogen and oxygen atoms in total. The Bertz CT molecular complexity index is 313. The molecule has 0 bridgehead atoms. The maximum absolute atomic E-state index is 5.31. The molecule has 0 atom stereocenters. The molecule has 1 aliphatic rings. The summed E-state index contributed by atoms with van der Waals surface area (Å²) in [7, 11) is 0. The van der Waals surface area contributed by atoms with E-state index in [-0.39, 0.29) is 0 Å². The van der Waals surface area contributed by atoms with Crippen LogP contribution in [0.1, 0.15) is 31.4 Å². The van der Waals surface area contributed by atoms with E-state index in [1.165, 1.54) is 36.3 Å². The Balaban J connectivity index is 1.94. The summed E-state index contributed by atoms with van der Waals surface area (Å²) in [5.74, 6) is 3.26. The van der Waals surface area contributed by atoms with Crippen LogP contribution in [0.2, 0.25) is 0 Å². The monoisotopic (exact) mass is 242 g/mol. The Morgan fingerprint density at radius 1 is 1.47 bits per heavy atom. The molecule has 1 saturated carbocycles. The SMILES string of the molecule is Cc1occc1SCC1(CS)CCCC1. The first-order valence-electron chi connectivity index (χ1n) is 5.54. The van der Waals surface area contributed by atoms with E-state index in [4.69, 9.17) is 4.42 Å². The van der Waals surface area contributed by atoms with Crippen molar-refractivity contribution in [3.63, 3.8) is 0 Å². The molecule has 0 saturated heterocycles. The van der Waals surface area contributed by atoms with Crippen LogP contribution in [-0.2, 0) is 0 Å². The fraction of sp³-hybridized carbons (Fsp3) is 0.667. The fourth-order valence-corrected chi connectivity index (χ4v) is 4.06. The molecule has 1 aromatic heterocycles. The minimum Gasteiger partial charge on any atom is -0.468 e. The first-order chi connectivity index (χ1) is 7.26. The molecule has 0 aromatic carbocycles. The molecule has 0 N–H and O–H groups in total. The number of thioether (sulfide) groups is 1. The van der Waals surface area contributed by atoms with Crippen LogP contribution in [0, 0.1) is 12.3 Å². The molecule has 1 fully saturated rings. The molecule has 0 radical (unpaired) electrons. The van der Waals surface area contributed by atoms with Crippen molar-refractivity contribution in [3.05, 3.63) is 18.1 Å². The minimum absolute atomic E-state index is 0.484. The van der Waals surface area contributed by atoms with E-state index < -0.39 is 0 Å². The number of hydrogen-bond acceptors (Lipinski definition) is 3. The van der Waals surface area contributed by atoms with E-state index in [1.807, 2.05) is 18.7 Å². The van der Waals surface area contributed by atoms with Crippen LogP contribution in [0.15, 0.2) is 21.6 Å². The first-order valence-corrected chi connectivity index (χ1v) is 7.15. The number of aryl methyl sites for hydroxylation is 1. The molecular weight excluding hydrogens is 224 g/mol. The molecule has 0 aliphatic heterocycles. The highest BCUT2D eigenvalue weighted by Gasteiger charge is 2.32. The number of rotatable bonds is 4. The Hall–Kier alpha value is -0.0200. The smallest absolute Gasteiger partial charge is 0.114 e. The van der Waals surface area contributed by atoms with Gasteiger partial charge in [-0.2, -0.15) is 12.6 Å². The van der Waals surface area contributed by atoms with Crippen LogP contribution in [0.4, 0.5) is 0 Å². The normalized spacial score (nSPS) is 19.6. The lowest BCUT2D eigenvalue weighted by Crippen LogP contribution is -2.21. The van der Waals surface area contributed by atoms with E-state index in [1.54, 1.807) is 6.26 Å². The van der Waals surface area contributed by atoms with Gasteiger partial charge in [0.25, 0.3) is 0 Å². The summed E-state index contributed by atoms with van der Waals surface area (Å²) >= 11 is 6.45. The van der Waals surface area contributed by atoms with Crippen molar-refractivity contribution in [1.29, 1.82) is 0 Å². The van der Waals surface area contributed by atoms with Crippen molar-refractivity contribution in [2.24, 2.45) is 5.41 Å². The van der Waals surface area contributed by atoms with Crippen molar-refractivity contribution < 1.29 is 4.42 Å². The quantitative estimate of drug-likeness (QED) is 0.629. The average Bonchev–Trinajstić information content (AvgIpc) is 2.85. The highest BCUT2D eigenvalue weighted by molar-refractivity contribution is 7.99. The lowest BCUT2D eigenvalue weighted by atomic mass is 9.91. The number of furan rings is 1. The summed E-state index contributed by atoms with van der Waals surface area (Å²) in [6.07, 6.45) is 7.23. The fourth-order valence-electron chi connectivity index (χ4n) is 2.23. The molecule has 3 heteroatoms. The minimum atomic E-state index is 0.484. The Kier molecular flexibility index (Phi) is 3.73. The molecular formula is C12H18OS2. The van der Waals surface area contributed by atoms with Gasteiger partial charge in [0, 0.05) is 10.6 Å². The summed E-state index contributed by atoms with van der Waals surface area (Å²) in [6, 6.07) is 2.07. The van der Waals surface area contributed by atoms with Crippen molar-refractivity contribution in [2.75, 3.05) is 11.5 Å². The molecule has 0 unspecified atom stereocenters. The third-order valence-electron chi connectivity index (χ3n) is 3.34. The van der Waals surface area contributed by atoms with Gasteiger partial charge in [0.15, 0.2) is 0 Å². The maximum atomic E-state index is 5.31. The summed E-state index contributed by atoms with van der Waals surface area (Å²) in [4.78, 5) is 1.29. The van der Waals surface area contributed by atoms with E-state index in [2.05, 4.69) is 18.7 Å². The van der Waals surface area contributed by atoms with E-state index in [0.29, 0.717) is 5.41 Å². The molecule has 2 rings (SSSR count). The van der Waals surface area contributed by atoms with Gasteiger partial charge < -0.3 is 4.42 Å². The van der Waals surface area contributed by atoms with Crippen LogP contribution < -0.4 is 0 Å². The van der Waals surface area contributed by atoms with Gasteiger partial charge in [-0.15, -0.1) is 11.8 Å². The average molecular weight is 242 g/mol. The third-order valence-corrected chi connectivity index (χ3v) is 5.51. The highest BCUT2D eigenvalue weighted by Crippen LogP contribution is 2.43. The Labute approximate surface area is 101 Å². The zero-order valence-corrected chi connectivity index (χ0v) is 10.9. The summed E-state index contributed by atoms with van der Waals surface area (Å²) < 4.78 is 5.31. The molecule has 1 aliphatic carbocycles. The predicted octanol–water partition coefficient (Wildman–Crippen LogP) is 4.17. The third kappa shape index (κ3) is 2.56. The van der Waals surface area contributed by atoms with Crippen LogP contribution in [0.3, 0.4) is 0 Å². The lowest BCUT2D eigenvalue weighted by molar-refractivity contribution is 0.403. The zero-order valence-electron chi connectivity index (χ0n) is 9.16. The molecule has 1 aromatic rings. The van der Waals surface area contributed by atoms with Crippen LogP contribution in [-0.4, -0.2) is 11.5 Å². The topological polar surface area (TPSA) is 13.1 Å². The lowest BCUT2D eigenvalue weighted by Gasteiger charge is -2.26. The second-order valence-electron chi connectivity index (χ2n) is 4.49. The highest BCUT2D eigenvalue weighted by atomic mass is 32.2. The van der Waals surface area contributed by atoms with Crippen LogP contribution >= 0.6 is 24.4 Å². The van der Waals surface area contributed by atoms with Gasteiger partial charge in [-0.3, -0.25) is 0 Å². The summed E-state index contributed by atoms with van der Waals surface area (Å²) in [6.45, 7) is 2.03. The van der Waals surface area contributed by atoms with Crippen molar-refractivity contribution in [3.8, 4) is 0 Å². The van der Waals surface area contributed by atoms with Gasteiger partial charge in [-0.1, -0.05) is 12.8 Å². The van der Waals surface area contributed by atoms with Gasteiger partial charge >= 0.3 is 0 Å². The molecule has 0 amide bonds. The summed E-state index contributed by atoms with van der Waals surface area (Å²) in [5.41, 5.74) is 0.484. The van der Waals surface area contributed by atoms with E-state index >= 15 is 0 Å². The van der Waals surface area contributed by atoms with Crippen molar-refractivity contribution >= 4 is 24.4 Å². The van der Waals surface area contributed by atoms with Crippen LogP contribution in [0.25, 0.3) is 0 Å². The second-order valence-corrected chi connectivity index (χ2v) is 5.83. The number of hydrogen-bond donors (Lipinski definition) is 1. The largest absolute Gasteiger partial charge is 0.468 e. The second kappa shape index (κ2) is 4.88. The van der Waals surface area contributed by atoms with Gasteiger partial charge in [-0.25, -0.2) is 0 Å². The van der Waals surface area contributed by atoms with Gasteiger partial charge in [0.05, 0.1) is 6.26 Å². The Morgan fingerprint density at radius 2 is 2.20 bits per heavy atom. The van der Waals surface area contributed by atoms with Gasteiger partial charge in [0.1, 0.15) is 5.76 Å². The molecule has 1 heterocycles.